The van der Waals surface area contributed by atoms with Crippen LogP contribution in [0.5, 0.6) is 5.75 Å². The first-order valence-electron chi connectivity index (χ1n) is 6.63. The third kappa shape index (κ3) is 2.97. The number of nitrogens with zero attached hydrogens (tertiary/aromatic N) is 3. The highest BCUT2D eigenvalue weighted by molar-refractivity contribution is 5.58. The molecule has 0 unspecified atom stereocenters. The predicted molar refractivity (Wildman–Crippen MR) is 72.3 cm³/mol. The molecule has 0 spiro atoms. The van der Waals surface area contributed by atoms with Crippen molar-refractivity contribution in [3.8, 4) is 17.0 Å². The first kappa shape index (κ1) is 13.1. The molecule has 0 saturated carbocycles. The first-order chi connectivity index (χ1) is 9.85. The predicted octanol–water partition coefficient (Wildman–Crippen LogP) is 1.72. The van der Waals surface area contributed by atoms with Gasteiger partial charge in [-0.3, -0.25) is 4.68 Å². The van der Waals surface area contributed by atoms with E-state index in [0.717, 1.165) is 30.0 Å². The maximum absolute atomic E-state index is 5.39. The number of rotatable bonds is 5. The van der Waals surface area contributed by atoms with E-state index in [4.69, 9.17) is 14.2 Å². The molecular weight excluding hydrogens is 258 g/mol. The van der Waals surface area contributed by atoms with E-state index < -0.39 is 0 Å². The smallest absolute Gasteiger partial charge is 0.159 e. The van der Waals surface area contributed by atoms with Gasteiger partial charge >= 0.3 is 0 Å². The van der Waals surface area contributed by atoms with Crippen LogP contribution in [0.2, 0.25) is 0 Å². The highest BCUT2D eigenvalue weighted by Gasteiger charge is 2.15. The largest absolute Gasteiger partial charge is 0.497 e. The van der Waals surface area contributed by atoms with Crippen molar-refractivity contribution in [3.63, 3.8) is 0 Å². The van der Waals surface area contributed by atoms with Crippen molar-refractivity contribution >= 4 is 0 Å². The average Bonchev–Trinajstić information content (AvgIpc) is 3.17. The average molecular weight is 275 g/mol. The third-order valence-electron chi connectivity index (χ3n) is 3.21. The fourth-order valence-corrected chi connectivity index (χ4v) is 2.11. The van der Waals surface area contributed by atoms with E-state index in [1.165, 1.54) is 0 Å². The third-order valence-corrected chi connectivity index (χ3v) is 3.21. The van der Waals surface area contributed by atoms with Gasteiger partial charge in [-0.2, -0.15) is 0 Å². The molecule has 0 amide bonds. The number of aryl methyl sites for hydroxylation is 1. The summed E-state index contributed by atoms with van der Waals surface area (Å²) in [6.07, 6.45) is 2.60. The van der Waals surface area contributed by atoms with Gasteiger partial charge in [0.05, 0.1) is 26.5 Å². The van der Waals surface area contributed by atoms with Crippen LogP contribution in [0.4, 0.5) is 0 Å². The molecule has 1 saturated heterocycles. The van der Waals surface area contributed by atoms with E-state index in [9.17, 15) is 0 Å². The Bertz CT molecular complexity index is 547. The zero-order valence-corrected chi connectivity index (χ0v) is 11.4. The highest BCUT2D eigenvalue weighted by Crippen LogP contribution is 2.20. The summed E-state index contributed by atoms with van der Waals surface area (Å²) in [5.74, 6) is 0.830. The van der Waals surface area contributed by atoms with Crippen LogP contribution in [-0.4, -0.2) is 41.6 Å². The summed E-state index contributed by atoms with van der Waals surface area (Å²) in [7, 11) is 1.65. The Morgan fingerprint density at radius 3 is 2.70 bits per heavy atom. The summed E-state index contributed by atoms with van der Waals surface area (Å²) < 4.78 is 17.7. The van der Waals surface area contributed by atoms with E-state index in [2.05, 4.69) is 10.3 Å². The van der Waals surface area contributed by atoms with Gasteiger partial charge in [0, 0.05) is 18.5 Å². The second-order valence-electron chi connectivity index (χ2n) is 4.56. The summed E-state index contributed by atoms with van der Waals surface area (Å²) in [5.41, 5.74) is 1.87. The summed E-state index contributed by atoms with van der Waals surface area (Å²) in [4.78, 5) is 0. The molecule has 0 bridgehead atoms. The van der Waals surface area contributed by atoms with Gasteiger partial charge in [0.25, 0.3) is 0 Å². The Morgan fingerprint density at radius 2 is 2.00 bits per heavy atom. The van der Waals surface area contributed by atoms with E-state index >= 15 is 0 Å². The fourth-order valence-electron chi connectivity index (χ4n) is 2.11. The molecule has 1 aliphatic rings. The zero-order valence-electron chi connectivity index (χ0n) is 11.4. The SMILES string of the molecule is COc1ccc(-c2cn(CCC3OCCO3)nn2)cc1. The maximum Gasteiger partial charge on any atom is 0.159 e. The van der Waals surface area contributed by atoms with Crippen molar-refractivity contribution in [3.05, 3.63) is 30.5 Å². The zero-order chi connectivity index (χ0) is 13.8. The molecule has 20 heavy (non-hydrogen) atoms. The lowest BCUT2D eigenvalue weighted by molar-refractivity contribution is -0.0496. The van der Waals surface area contributed by atoms with Crippen LogP contribution >= 0.6 is 0 Å². The molecular formula is C14H17N3O3. The second-order valence-corrected chi connectivity index (χ2v) is 4.56. The summed E-state index contributed by atoms with van der Waals surface area (Å²) in [6, 6.07) is 7.76. The summed E-state index contributed by atoms with van der Waals surface area (Å²) in [5, 5.41) is 8.30. The van der Waals surface area contributed by atoms with Gasteiger partial charge in [-0.1, -0.05) is 5.21 Å². The standard InChI is InChI=1S/C14H17N3O3/c1-18-12-4-2-11(3-5-12)13-10-17(16-15-13)7-6-14-19-8-9-20-14/h2-5,10,14H,6-9H2,1H3. The van der Waals surface area contributed by atoms with Crippen LogP contribution in [0.25, 0.3) is 11.3 Å². The van der Waals surface area contributed by atoms with Gasteiger partial charge in [-0.05, 0) is 24.3 Å². The molecule has 0 aliphatic carbocycles. The lowest BCUT2D eigenvalue weighted by Gasteiger charge is -2.07. The molecule has 2 aromatic rings. The molecule has 1 aromatic heterocycles. The van der Waals surface area contributed by atoms with E-state index in [0.29, 0.717) is 13.2 Å². The molecule has 6 nitrogen and oxygen atoms in total. The molecule has 2 heterocycles. The Balaban J connectivity index is 1.62. The van der Waals surface area contributed by atoms with Crippen LogP contribution in [0.15, 0.2) is 30.5 Å². The number of aromatic nitrogens is 3. The van der Waals surface area contributed by atoms with Crippen LogP contribution in [0.1, 0.15) is 6.42 Å². The molecule has 1 aliphatic heterocycles. The highest BCUT2D eigenvalue weighted by atomic mass is 16.7. The maximum atomic E-state index is 5.39. The normalized spacial score (nSPS) is 15.7. The molecule has 106 valence electrons. The minimum absolute atomic E-state index is 0.108. The lowest BCUT2D eigenvalue weighted by atomic mass is 10.2. The number of hydrogen-bond donors (Lipinski definition) is 0. The minimum atomic E-state index is -0.108. The molecule has 0 atom stereocenters. The van der Waals surface area contributed by atoms with Crippen molar-refractivity contribution in [2.75, 3.05) is 20.3 Å². The summed E-state index contributed by atoms with van der Waals surface area (Å²) >= 11 is 0. The van der Waals surface area contributed by atoms with Crippen LogP contribution in [0.3, 0.4) is 0 Å². The van der Waals surface area contributed by atoms with Gasteiger partial charge in [0.1, 0.15) is 11.4 Å². The van der Waals surface area contributed by atoms with Crippen LogP contribution in [0, 0.1) is 0 Å². The number of hydrogen-bond acceptors (Lipinski definition) is 5. The van der Waals surface area contributed by atoms with Crippen LogP contribution in [-0.2, 0) is 16.0 Å². The van der Waals surface area contributed by atoms with E-state index in [1.807, 2.05) is 35.1 Å². The van der Waals surface area contributed by atoms with E-state index in [1.54, 1.807) is 7.11 Å². The van der Waals surface area contributed by atoms with Gasteiger partial charge in [-0.15, -0.1) is 5.10 Å². The molecule has 0 radical (unpaired) electrons. The molecule has 1 fully saturated rings. The Labute approximate surface area is 117 Å². The first-order valence-corrected chi connectivity index (χ1v) is 6.63. The second kappa shape index (κ2) is 6.02. The van der Waals surface area contributed by atoms with Crippen molar-refractivity contribution in [1.82, 2.24) is 15.0 Å². The Hall–Kier alpha value is -1.92. The van der Waals surface area contributed by atoms with Gasteiger partial charge < -0.3 is 14.2 Å². The molecule has 3 rings (SSSR count). The number of ether oxygens (including phenoxy) is 3. The van der Waals surface area contributed by atoms with Crippen molar-refractivity contribution < 1.29 is 14.2 Å². The molecule has 0 N–H and O–H groups in total. The molecule has 6 heteroatoms. The number of methoxy groups -OCH3 is 1. The van der Waals surface area contributed by atoms with Crippen molar-refractivity contribution in [2.24, 2.45) is 0 Å². The number of benzene rings is 1. The topological polar surface area (TPSA) is 58.4 Å². The van der Waals surface area contributed by atoms with Crippen LogP contribution < -0.4 is 4.74 Å². The van der Waals surface area contributed by atoms with Gasteiger partial charge in [0.2, 0.25) is 0 Å². The lowest BCUT2D eigenvalue weighted by Crippen LogP contribution is -2.12. The summed E-state index contributed by atoms with van der Waals surface area (Å²) in [6.45, 7) is 2.09. The fraction of sp³-hybridized carbons (Fsp3) is 0.429. The Morgan fingerprint density at radius 1 is 1.25 bits per heavy atom. The van der Waals surface area contributed by atoms with E-state index in [-0.39, 0.29) is 6.29 Å². The molecule has 1 aromatic carbocycles. The monoisotopic (exact) mass is 275 g/mol. The van der Waals surface area contributed by atoms with Gasteiger partial charge in [-0.25, -0.2) is 0 Å². The van der Waals surface area contributed by atoms with Crippen molar-refractivity contribution in [1.29, 1.82) is 0 Å². The van der Waals surface area contributed by atoms with Gasteiger partial charge in [0.15, 0.2) is 6.29 Å². The quantitative estimate of drug-likeness (QED) is 0.831. The van der Waals surface area contributed by atoms with Crippen molar-refractivity contribution in [2.45, 2.75) is 19.3 Å². The minimum Gasteiger partial charge on any atom is -0.497 e. The Kier molecular flexibility index (Phi) is 3.94.